The van der Waals surface area contributed by atoms with Gasteiger partial charge >= 0.3 is 0 Å². The molecule has 1 unspecified atom stereocenters. The number of hydrogen-bond acceptors (Lipinski definition) is 3. The van der Waals surface area contributed by atoms with E-state index in [9.17, 15) is 9.59 Å². The Morgan fingerprint density at radius 2 is 1.74 bits per heavy atom. The minimum absolute atomic E-state index is 0.182. The molecule has 1 atom stereocenters. The second kappa shape index (κ2) is 7.65. The van der Waals surface area contributed by atoms with E-state index in [-0.39, 0.29) is 11.8 Å². The molecule has 5 nitrogen and oxygen atoms in total. The van der Waals surface area contributed by atoms with Gasteiger partial charge in [-0.25, -0.2) is 0 Å². The molecule has 0 saturated carbocycles. The molecule has 6 heteroatoms. The van der Waals surface area contributed by atoms with E-state index in [0.717, 1.165) is 0 Å². The first kappa shape index (κ1) is 16.8. The number of ether oxygens (including phenoxy) is 1. The normalized spacial score (nSPS) is 11.4. The maximum atomic E-state index is 12.1. The number of hydrogen-bond donors (Lipinski definition) is 2. The maximum absolute atomic E-state index is 12.1. The highest BCUT2D eigenvalue weighted by Gasteiger charge is 2.16. The number of benzene rings is 2. The molecule has 2 aromatic rings. The van der Waals surface area contributed by atoms with Gasteiger partial charge in [0.2, 0.25) is 0 Å². The first-order valence-electron chi connectivity index (χ1n) is 7.05. The molecule has 0 saturated heterocycles. The Bertz CT molecular complexity index is 701. The van der Waals surface area contributed by atoms with Crippen molar-refractivity contribution in [2.45, 2.75) is 13.0 Å². The average molecular weight is 333 g/mol. The smallest absolute Gasteiger partial charge is 0.265 e. The largest absolute Gasteiger partial charge is 0.479 e. The van der Waals surface area contributed by atoms with Crippen LogP contribution < -0.4 is 15.4 Å². The number of rotatable bonds is 5. The van der Waals surface area contributed by atoms with Crippen LogP contribution in [0.1, 0.15) is 17.3 Å². The Morgan fingerprint density at radius 1 is 1.09 bits per heavy atom. The summed E-state index contributed by atoms with van der Waals surface area (Å²) >= 11 is 6.00. The highest BCUT2D eigenvalue weighted by molar-refractivity contribution is 6.32. The summed E-state index contributed by atoms with van der Waals surface area (Å²) in [6.45, 7) is 1.64. The monoisotopic (exact) mass is 332 g/mol. The van der Waals surface area contributed by atoms with Crippen molar-refractivity contribution in [3.8, 4) is 5.75 Å². The van der Waals surface area contributed by atoms with Gasteiger partial charge in [0.15, 0.2) is 6.10 Å². The van der Waals surface area contributed by atoms with Gasteiger partial charge < -0.3 is 15.4 Å². The molecular formula is C17H17ClN2O3. The lowest BCUT2D eigenvalue weighted by molar-refractivity contribution is -0.122. The number of halogens is 1. The molecule has 23 heavy (non-hydrogen) atoms. The molecule has 0 heterocycles. The van der Waals surface area contributed by atoms with Crippen LogP contribution in [-0.4, -0.2) is 25.0 Å². The molecule has 2 N–H and O–H groups in total. The van der Waals surface area contributed by atoms with Crippen LogP contribution >= 0.6 is 11.6 Å². The SMILES string of the molecule is CNC(=O)c1ccc(NC(=O)C(C)Oc2ccccc2Cl)cc1. The van der Waals surface area contributed by atoms with Gasteiger partial charge in [0, 0.05) is 18.3 Å². The number of anilines is 1. The average Bonchev–Trinajstić information content (AvgIpc) is 2.56. The Hall–Kier alpha value is -2.53. The van der Waals surface area contributed by atoms with E-state index in [2.05, 4.69) is 10.6 Å². The van der Waals surface area contributed by atoms with E-state index >= 15 is 0 Å². The Labute approximate surface area is 139 Å². The van der Waals surface area contributed by atoms with Crippen molar-refractivity contribution in [1.29, 1.82) is 0 Å². The number of para-hydroxylation sites is 1. The van der Waals surface area contributed by atoms with E-state index in [1.807, 2.05) is 0 Å². The van der Waals surface area contributed by atoms with Crippen LogP contribution in [0, 0.1) is 0 Å². The van der Waals surface area contributed by atoms with E-state index in [4.69, 9.17) is 16.3 Å². The molecule has 0 fully saturated rings. The van der Waals surface area contributed by atoms with Crippen molar-refractivity contribution < 1.29 is 14.3 Å². The first-order valence-corrected chi connectivity index (χ1v) is 7.43. The number of carbonyl (C=O) groups excluding carboxylic acids is 2. The van der Waals surface area contributed by atoms with Gasteiger partial charge in [-0.05, 0) is 43.3 Å². The summed E-state index contributed by atoms with van der Waals surface area (Å²) < 4.78 is 5.55. The van der Waals surface area contributed by atoms with E-state index in [1.54, 1.807) is 62.5 Å². The van der Waals surface area contributed by atoms with Crippen molar-refractivity contribution in [3.63, 3.8) is 0 Å². The predicted molar refractivity (Wildman–Crippen MR) is 90.0 cm³/mol. The summed E-state index contributed by atoms with van der Waals surface area (Å²) in [7, 11) is 1.56. The second-order valence-corrected chi connectivity index (χ2v) is 5.24. The molecule has 0 radical (unpaired) electrons. The number of nitrogens with one attached hydrogen (secondary N) is 2. The van der Waals surface area contributed by atoms with Gasteiger partial charge in [-0.1, -0.05) is 23.7 Å². The third kappa shape index (κ3) is 4.47. The zero-order chi connectivity index (χ0) is 16.8. The molecule has 2 amide bonds. The lowest BCUT2D eigenvalue weighted by atomic mass is 10.2. The van der Waals surface area contributed by atoms with Crippen molar-refractivity contribution in [1.82, 2.24) is 5.32 Å². The van der Waals surface area contributed by atoms with Gasteiger partial charge in [0.1, 0.15) is 5.75 Å². The predicted octanol–water partition coefficient (Wildman–Crippen LogP) is 3.11. The number of carbonyl (C=O) groups is 2. The fourth-order valence-electron chi connectivity index (χ4n) is 1.88. The van der Waals surface area contributed by atoms with E-state index < -0.39 is 6.10 Å². The number of amides is 2. The summed E-state index contributed by atoms with van der Waals surface area (Å²) in [4.78, 5) is 23.6. The van der Waals surface area contributed by atoms with Crippen LogP contribution in [0.25, 0.3) is 0 Å². The topological polar surface area (TPSA) is 67.4 Å². The summed E-state index contributed by atoms with van der Waals surface area (Å²) in [6, 6.07) is 13.5. The van der Waals surface area contributed by atoms with Gasteiger partial charge in [0.05, 0.1) is 5.02 Å². The minimum atomic E-state index is -0.714. The molecule has 0 aliphatic carbocycles. The zero-order valence-corrected chi connectivity index (χ0v) is 13.6. The van der Waals surface area contributed by atoms with Crippen LogP contribution in [-0.2, 0) is 4.79 Å². The molecule has 0 spiro atoms. The summed E-state index contributed by atoms with van der Waals surface area (Å²) in [5.41, 5.74) is 1.10. The standard InChI is InChI=1S/C17H17ClN2O3/c1-11(23-15-6-4-3-5-14(15)18)16(21)20-13-9-7-12(8-10-13)17(22)19-2/h3-11H,1-2H3,(H,19,22)(H,20,21). The van der Waals surface area contributed by atoms with E-state index in [0.29, 0.717) is 22.0 Å². The molecule has 2 rings (SSSR count). The van der Waals surface area contributed by atoms with Crippen LogP contribution in [0.5, 0.6) is 5.75 Å². The summed E-state index contributed by atoms with van der Waals surface area (Å²) in [5.74, 6) is -0.0392. The van der Waals surface area contributed by atoms with Crippen LogP contribution in [0.3, 0.4) is 0 Å². The molecule has 0 aliphatic heterocycles. The lowest BCUT2D eigenvalue weighted by Gasteiger charge is -2.15. The Balaban J connectivity index is 1.98. The first-order chi connectivity index (χ1) is 11.0. The molecule has 120 valence electrons. The highest BCUT2D eigenvalue weighted by Crippen LogP contribution is 2.24. The maximum Gasteiger partial charge on any atom is 0.265 e. The molecule has 0 aromatic heterocycles. The molecule has 0 aliphatic rings. The van der Waals surface area contributed by atoms with Crippen LogP contribution in [0.2, 0.25) is 5.02 Å². The zero-order valence-electron chi connectivity index (χ0n) is 12.8. The molecular weight excluding hydrogens is 316 g/mol. The van der Waals surface area contributed by atoms with Crippen molar-refractivity contribution in [3.05, 3.63) is 59.1 Å². The van der Waals surface area contributed by atoms with Gasteiger partial charge in [-0.2, -0.15) is 0 Å². The second-order valence-electron chi connectivity index (χ2n) is 4.84. The van der Waals surface area contributed by atoms with Crippen molar-refractivity contribution in [2.24, 2.45) is 0 Å². The third-order valence-electron chi connectivity index (χ3n) is 3.15. The van der Waals surface area contributed by atoms with E-state index in [1.165, 1.54) is 0 Å². The van der Waals surface area contributed by atoms with Crippen molar-refractivity contribution >= 4 is 29.1 Å². The van der Waals surface area contributed by atoms with Gasteiger partial charge in [0.25, 0.3) is 11.8 Å². The third-order valence-corrected chi connectivity index (χ3v) is 3.46. The van der Waals surface area contributed by atoms with Crippen molar-refractivity contribution in [2.75, 3.05) is 12.4 Å². The van der Waals surface area contributed by atoms with Gasteiger partial charge in [-0.3, -0.25) is 9.59 Å². The van der Waals surface area contributed by atoms with Crippen LogP contribution in [0.4, 0.5) is 5.69 Å². The fourth-order valence-corrected chi connectivity index (χ4v) is 2.06. The van der Waals surface area contributed by atoms with Gasteiger partial charge in [-0.15, -0.1) is 0 Å². The fraction of sp³-hybridized carbons (Fsp3) is 0.176. The Morgan fingerprint density at radius 3 is 2.35 bits per heavy atom. The summed E-state index contributed by atoms with van der Waals surface area (Å²) in [6.07, 6.45) is -0.714. The lowest BCUT2D eigenvalue weighted by Crippen LogP contribution is -2.30. The van der Waals surface area contributed by atoms with Crippen LogP contribution in [0.15, 0.2) is 48.5 Å². The quantitative estimate of drug-likeness (QED) is 0.884. The molecule has 2 aromatic carbocycles. The highest BCUT2D eigenvalue weighted by atomic mass is 35.5. The minimum Gasteiger partial charge on any atom is -0.479 e. The Kier molecular flexibility index (Phi) is 5.60. The molecule has 0 bridgehead atoms. The summed E-state index contributed by atoms with van der Waals surface area (Å²) in [5, 5.41) is 5.71.